The second kappa shape index (κ2) is 9.58. The molecule has 0 bridgehead atoms. The molecular weight excluding hydrogens is 568 g/mol. The standard InChI is InChI=1S/C24H13Cl4N3O2S2/c1-10-13(23-29-17-8-12(26)7-15(27)20(17)33-23)3-2-4-16(10)30-24(34)31-22(32)21-19(28)14-6-5-11(25)9-18(14)35-21/h2-9H,1H3,(H2,30,31,32,34). The Morgan fingerprint density at radius 2 is 1.86 bits per heavy atom. The van der Waals surface area contributed by atoms with Crippen LogP contribution in [0.4, 0.5) is 5.69 Å². The molecule has 2 aromatic heterocycles. The Morgan fingerprint density at radius 1 is 1.06 bits per heavy atom. The third-order valence-corrected chi connectivity index (χ3v) is 7.84. The number of carbonyl (C=O) groups is 1. The molecule has 3 aromatic carbocycles. The minimum absolute atomic E-state index is 0.120. The van der Waals surface area contributed by atoms with Crippen molar-refractivity contribution < 1.29 is 9.21 Å². The Balaban J connectivity index is 1.38. The van der Waals surface area contributed by atoms with E-state index in [0.717, 1.165) is 21.2 Å². The highest BCUT2D eigenvalue weighted by Gasteiger charge is 2.20. The van der Waals surface area contributed by atoms with Crippen molar-refractivity contribution >= 4 is 108 Å². The van der Waals surface area contributed by atoms with Crippen molar-refractivity contribution in [2.45, 2.75) is 6.92 Å². The van der Waals surface area contributed by atoms with Gasteiger partial charge < -0.3 is 9.73 Å². The fourth-order valence-corrected chi connectivity index (χ4v) is 5.99. The number of nitrogens with zero attached hydrogens (tertiary/aromatic N) is 1. The molecule has 0 radical (unpaired) electrons. The highest BCUT2D eigenvalue weighted by atomic mass is 35.5. The zero-order valence-corrected chi connectivity index (χ0v) is 22.4. The molecule has 35 heavy (non-hydrogen) atoms. The first kappa shape index (κ1) is 24.3. The van der Waals surface area contributed by atoms with Gasteiger partial charge in [-0.25, -0.2) is 4.98 Å². The van der Waals surface area contributed by atoms with Gasteiger partial charge in [0, 0.05) is 31.4 Å². The van der Waals surface area contributed by atoms with Gasteiger partial charge in [0.05, 0.1) is 10.0 Å². The molecule has 2 N–H and O–H groups in total. The Kier molecular flexibility index (Phi) is 6.65. The van der Waals surface area contributed by atoms with Crippen molar-refractivity contribution in [2.75, 3.05) is 5.32 Å². The second-order valence-electron chi connectivity index (χ2n) is 7.53. The number of oxazole rings is 1. The van der Waals surface area contributed by atoms with Gasteiger partial charge in [-0.1, -0.05) is 58.5 Å². The smallest absolute Gasteiger partial charge is 0.269 e. The van der Waals surface area contributed by atoms with Gasteiger partial charge in [-0.2, -0.15) is 0 Å². The number of aromatic nitrogens is 1. The molecule has 0 spiro atoms. The number of anilines is 1. The summed E-state index contributed by atoms with van der Waals surface area (Å²) < 4.78 is 6.71. The van der Waals surface area contributed by atoms with Crippen LogP contribution in [0.2, 0.25) is 20.1 Å². The zero-order chi connectivity index (χ0) is 24.9. The van der Waals surface area contributed by atoms with Gasteiger partial charge in [0.2, 0.25) is 5.89 Å². The molecular formula is C24H13Cl4N3O2S2. The van der Waals surface area contributed by atoms with Crippen molar-refractivity contribution in [1.82, 2.24) is 10.3 Å². The summed E-state index contributed by atoms with van der Waals surface area (Å²) in [6, 6.07) is 14.1. The number of nitrogens with one attached hydrogen (secondary N) is 2. The van der Waals surface area contributed by atoms with Gasteiger partial charge in [0.25, 0.3) is 5.91 Å². The fourth-order valence-electron chi connectivity index (χ4n) is 3.58. The molecule has 5 aromatic rings. The minimum atomic E-state index is -0.413. The summed E-state index contributed by atoms with van der Waals surface area (Å²) in [5.41, 5.74) is 3.23. The van der Waals surface area contributed by atoms with E-state index >= 15 is 0 Å². The van der Waals surface area contributed by atoms with E-state index in [-0.39, 0.29) is 5.11 Å². The lowest BCUT2D eigenvalue weighted by atomic mass is 10.1. The Labute approximate surface area is 228 Å². The molecule has 5 rings (SSSR count). The summed E-state index contributed by atoms with van der Waals surface area (Å²) in [6.45, 7) is 1.89. The number of carbonyl (C=O) groups excluding carboxylic acids is 1. The van der Waals surface area contributed by atoms with Crippen LogP contribution in [-0.2, 0) is 0 Å². The van der Waals surface area contributed by atoms with E-state index in [2.05, 4.69) is 15.6 Å². The first-order valence-electron chi connectivity index (χ1n) is 10.1. The maximum Gasteiger partial charge on any atom is 0.269 e. The molecule has 11 heteroatoms. The van der Waals surface area contributed by atoms with Crippen molar-refractivity contribution in [3.8, 4) is 11.5 Å². The van der Waals surface area contributed by atoms with Crippen LogP contribution in [0.25, 0.3) is 32.6 Å². The highest BCUT2D eigenvalue weighted by Crippen LogP contribution is 2.37. The van der Waals surface area contributed by atoms with Crippen LogP contribution >= 0.6 is 70.0 Å². The molecule has 0 atom stereocenters. The number of fused-ring (bicyclic) bond motifs is 2. The number of benzene rings is 3. The summed E-state index contributed by atoms with van der Waals surface area (Å²) in [4.78, 5) is 17.7. The summed E-state index contributed by atoms with van der Waals surface area (Å²) in [6.07, 6.45) is 0. The fraction of sp³-hybridized carbons (Fsp3) is 0.0417. The number of rotatable bonds is 3. The molecule has 0 saturated carbocycles. The first-order chi connectivity index (χ1) is 16.7. The minimum Gasteiger partial charge on any atom is -0.434 e. The average molecular weight is 581 g/mol. The van der Waals surface area contributed by atoms with Crippen LogP contribution in [0.1, 0.15) is 15.2 Å². The first-order valence-corrected chi connectivity index (χ1v) is 12.8. The summed E-state index contributed by atoms with van der Waals surface area (Å²) in [7, 11) is 0. The predicted molar refractivity (Wildman–Crippen MR) is 150 cm³/mol. The molecule has 5 nitrogen and oxygen atoms in total. The number of halogens is 4. The number of amides is 1. The monoisotopic (exact) mass is 579 g/mol. The van der Waals surface area contributed by atoms with Gasteiger partial charge in [-0.3, -0.25) is 10.1 Å². The molecule has 0 saturated heterocycles. The van der Waals surface area contributed by atoms with Crippen molar-refractivity contribution in [3.05, 3.63) is 79.1 Å². The van der Waals surface area contributed by atoms with Crippen LogP contribution in [0.15, 0.2) is 52.9 Å². The summed E-state index contributed by atoms with van der Waals surface area (Å²) >= 11 is 31.4. The van der Waals surface area contributed by atoms with E-state index in [0.29, 0.717) is 47.6 Å². The van der Waals surface area contributed by atoms with Crippen LogP contribution in [0, 0.1) is 6.92 Å². The molecule has 1 amide bonds. The number of thiophene rings is 1. The maximum absolute atomic E-state index is 12.9. The van der Waals surface area contributed by atoms with Crippen LogP contribution in [0.5, 0.6) is 0 Å². The number of hydrogen-bond donors (Lipinski definition) is 2. The van der Waals surface area contributed by atoms with E-state index in [9.17, 15) is 4.79 Å². The quantitative estimate of drug-likeness (QED) is 0.209. The number of thiocarbonyl (C=S) groups is 1. The molecule has 0 aliphatic rings. The van der Waals surface area contributed by atoms with Crippen LogP contribution in [-0.4, -0.2) is 16.0 Å². The Hall–Kier alpha value is -2.39. The Bertz CT molecular complexity index is 1660. The third-order valence-electron chi connectivity index (χ3n) is 5.25. The number of hydrogen-bond acceptors (Lipinski definition) is 5. The van der Waals surface area contributed by atoms with Gasteiger partial charge in [-0.05, 0) is 61.1 Å². The van der Waals surface area contributed by atoms with E-state index in [1.54, 1.807) is 30.3 Å². The topological polar surface area (TPSA) is 67.2 Å². The molecule has 0 fully saturated rings. The largest absolute Gasteiger partial charge is 0.434 e. The van der Waals surface area contributed by atoms with Gasteiger partial charge in [0.1, 0.15) is 10.4 Å². The van der Waals surface area contributed by atoms with Gasteiger partial charge in [-0.15, -0.1) is 11.3 Å². The highest BCUT2D eigenvalue weighted by molar-refractivity contribution is 7.80. The van der Waals surface area contributed by atoms with Crippen LogP contribution in [0.3, 0.4) is 0 Å². The van der Waals surface area contributed by atoms with Crippen molar-refractivity contribution in [2.24, 2.45) is 0 Å². The second-order valence-corrected chi connectivity index (χ2v) is 10.6. The van der Waals surface area contributed by atoms with Gasteiger partial charge >= 0.3 is 0 Å². The molecule has 0 aliphatic carbocycles. The average Bonchev–Trinajstić information content (AvgIpc) is 3.36. The van der Waals surface area contributed by atoms with Crippen molar-refractivity contribution in [3.63, 3.8) is 0 Å². The lowest BCUT2D eigenvalue weighted by molar-refractivity contribution is 0.0982. The van der Waals surface area contributed by atoms with Crippen LogP contribution < -0.4 is 10.6 Å². The van der Waals surface area contributed by atoms with E-state index in [4.69, 9.17) is 63.0 Å². The lowest BCUT2D eigenvalue weighted by Crippen LogP contribution is -2.34. The summed E-state index contributed by atoms with van der Waals surface area (Å²) in [5.74, 6) is -0.0277. The molecule has 2 heterocycles. The normalized spacial score (nSPS) is 11.2. The Morgan fingerprint density at radius 3 is 2.66 bits per heavy atom. The summed E-state index contributed by atoms with van der Waals surface area (Å²) in [5, 5.41) is 8.40. The molecule has 0 unspecified atom stereocenters. The third kappa shape index (κ3) is 4.72. The SMILES string of the molecule is Cc1c(NC(=S)NC(=O)c2sc3cc(Cl)ccc3c2Cl)cccc1-c1nc2cc(Cl)cc(Cl)c2o1. The van der Waals surface area contributed by atoms with E-state index in [1.807, 2.05) is 25.1 Å². The van der Waals surface area contributed by atoms with Gasteiger partial charge in [0.15, 0.2) is 10.7 Å². The molecule has 176 valence electrons. The molecule has 0 aliphatic heterocycles. The van der Waals surface area contributed by atoms with E-state index in [1.165, 1.54) is 11.3 Å². The lowest BCUT2D eigenvalue weighted by Gasteiger charge is -2.13. The maximum atomic E-state index is 12.9. The van der Waals surface area contributed by atoms with E-state index < -0.39 is 5.91 Å². The zero-order valence-electron chi connectivity index (χ0n) is 17.7. The van der Waals surface area contributed by atoms with Crippen molar-refractivity contribution in [1.29, 1.82) is 0 Å². The predicted octanol–water partition coefficient (Wildman–Crippen LogP) is 8.76.